The molecule has 2 atom stereocenters. The maximum absolute atomic E-state index is 11.0. The Morgan fingerprint density at radius 3 is 3.20 bits per heavy atom. The standard InChI is InChI=1S/C10H10N3O2/c14-9(15)7-3-12-5-13-8(7)10-1-6(10)2-11-4-10/h3,6,11H,1-2,4H2,(H,14,15). The molecule has 77 valence electrons. The van der Waals surface area contributed by atoms with E-state index in [1.165, 1.54) is 6.20 Å². The van der Waals surface area contributed by atoms with Gasteiger partial charge in [0.05, 0.1) is 11.3 Å². The minimum Gasteiger partial charge on any atom is -0.478 e. The van der Waals surface area contributed by atoms with Crippen molar-refractivity contribution in [3.63, 3.8) is 0 Å². The minimum atomic E-state index is -0.953. The van der Waals surface area contributed by atoms with E-state index in [9.17, 15) is 4.79 Å². The first-order valence-corrected chi connectivity index (χ1v) is 4.91. The first-order valence-electron chi connectivity index (χ1n) is 4.91. The molecule has 5 nitrogen and oxygen atoms in total. The SMILES string of the molecule is O=C(O)c1cn[c]nc1C12CNCC1C2. The molecule has 1 saturated carbocycles. The zero-order chi connectivity index (χ0) is 10.5. The smallest absolute Gasteiger partial charge is 0.339 e. The van der Waals surface area contributed by atoms with Crippen molar-refractivity contribution >= 4 is 5.97 Å². The molecule has 0 spiro atoms. The van der Waals surface area contributed by atoms with Crippen LogP contribution in [0.4, 0.5) is 0 Å². The molecule has 3 rings (SSSR count). The van der Waals surface area contributed by atoms with Crippen molar-refractivity contribution in [2.24, 2.45) is 5.92 Å². The second-order valence-corrected chi connectivity index (χ2v) is 4.23. The summed E-state index contributed by atoms with van der Waals surface area (Å²) in [6, 6.07) is 0. The van der Waals surface area contributed by atoms with Crippen molar-refractivity contribution in [1.82, 2.24) is 15.3 Å². The number of aromatic nitrogens is 2. The van der Waals surface area contributed by atoms with Crippen LogP contribution in [0.25, 0.3) is 0 Å². The van der Waals surface area contributed by atoms with Gasteiger partial charge in [-0.25, -0.2) is 14.8 Å². The fraction of sp³-hybridized carbons (Fsp3) is 0.500. The van der Waals surface area contributed by atoms with E-state index in [1.54, 1.807) is 0 Å². The Balaban J connectivity index is 2.08. The van der Waals surface area contributed by atoms with Crippen molar-refractivity contribution in [3.05, 3.63) is 23.8 Å². The van der Waals surface area contributed by atoms with Crippen LogP contribution in [0.3, 0.4) is 0 Å². The lowest BCUT2D eigenvalue weighted by molar-refractivity contribution is 0.0693. The predicted molar refractivity (Wildman–Crippen MR) is 50.5 cm³/mol. The molecule has 2 N–H and O–H groups in total. The molecule has 0 amide bonds. The number of piperidine rings is 1. The van der Waals surface area contributed by atoms with E-state index >= 15 is 0 Å². The number of rotatable bonds is 2. The molecule has 1 aromatic heterocycles. The van der Waals surface area contributed by atoms with Gasteiger partial charge in [-0.2, -0.15) is 0 Å². The van der Waals surface area contributed by atoms with Crippen LogP contribution < -0.4 is 5.32 Å². The van der Waals surface area contributed by atoms with E-state index < -0.39 is 5.97 Å². The number of carbonyl (C=O) groups is 1. The van der Waals surface area contributed by atoms with Crippen LogP contribution in [0.2, 0.25) is 0 Å². The molecule has 1 radical (unpaired) electrons. The lowest BCUT2D eigenvalue weighted by atomic mass is 9.97. The van der Waals surface area contributed by atoms with Gasteiger partial charge in [0.25, 0.3) is 0 Å². The van der Waals surface area contributed by atoms with E-state index in [4.69, 9.17) is 5.11 Å². The molecule has 1 aromatic rings. The highest BCUT2D eigenvalue weighted by Crippen LogP contribution is 2.56. The summed E-state index contributed by atoms with van der Waals surface area (Å²) >= 11 is 0. The van der Waals surface area contributed by atoms with E-state index in [1.807, 2.05) is 0 Å². The highest BCUT2D eigenvalue weighted by Gasteiger charge is 2.60. The second kappa shape index (κ2) is 2.76. The molecule has 1 aliphatic heterocycles. The van der Waals surface area contributed by atoms with Crippen LogP contribution in [0.5, 0.6) is 0 Å². The molecule has 2 fully saturated rings. The molecule has 15 heavy (non-hydrogen) atoms. The van der Waals surface area contributed by atoms with Crippen molar-refractivity contribution in [2.75, 3.05) is 13.1 Å². The lowest BCUT2D eigenvalue weighted by Gasteiger charge is -2.12. The van der Waals surface area contributed by atoms with Gasteiger partial charge in [-0.15, -0.1) is 0 Å². The van der Waals surface area contributed by atoms with Gasteiger partial charge < -0.3 is 10.4 Å². The van der Waals surface area contributed by atoms with E-state index in [0.717, 1.165) is 19.5 Å². The average Bonchev–Trinajstić information content (AvgIpc) is 2.82. The van der Waals surface area contributed by atoms with Gasteiger partial charge in [-0.05, 0) is 18.9 Å². The number of hydrogen-bond donors (Lipinski definition) is 2. The van der Waals surface area contributed by atoms with Crippen LogP contribution in [0.1, 0.15) is 22.5 Å². The Kier molecular flexibility index (Phi) is 1.62. The largest absolute Gasteiger partial charge is 0.478 e. The topological polar surface area (TPSA) is 75.1 Å². The number of hydrogen-bond acceptors (Lipinski definition) is 4. The van der Waals surface area contributed by atoms with Gasteiger partial charge in [0.15, 0.2) is 6.33 Å². The van der Waals surface area contributed by atoms with E-state index in [0.29, 0.717) is 11.6 Å². The molecule has 1 saturated heterocycles. The first kappa shape index (κ1) is 8.79. The monoisotopic (exact) mass is 204 g/mol. The molecule has 1 aliphatic carbocycles. The van der Waals surface area contributed by atoms with Crippen LogP contribution in [-0.4, -0.2) is 34.1 Å². The Labute approximate surface area is 86.6 Å². The molecule has 2 heterocycles. The highest BCUT2D eigenvalue weighted by molar-refractivity contribution is 5.89. The number of fused-ring (bicyclic) bond motifs is 1. The zero-order valence-electron chi connectivity index (χ0n) is 8.03. The molecule has 2 unspecified atom stereocenters. The fourth-order valence-corrected chi connectivity index (χ4v) is 2.54. The summed E-state index contributed by atoms with van der Waals surface area (Å²) in [4.78, 5) is 18.7. The van der Waals surface area contributed by atoms with Crippen LogP contribution in [-0.2, 0) is 5.41 Å². The molecule has 0 bridgehead atoms. The van der Waals surface area contributed by atoms with Crippen LogP contribution >= 0.6 is 0 Å². The van der Waals surface area contributed by atoms with Gasteiger partial charge in [0.2, 0.25) is 0 Å². The van der Waals surface area contributed by atoms with Gasteiger partial charge in [0, 0.05) is 18.2 Å². The molecule has 2 aliphatic rings. The van der Waals surface area contributed by atoms with E-state index in [-0.39, 0.29) is 11.0 Å². The summed E-state index contributed by atoms with van der Waals surface area (Å²) < 4.78 is 0. The summed E-state index contributed by atoms with van der Waals surface area (Å²) in [7, 11) is 0. The van der Waals surface area contributed by atoms with Crippen LogP contribution in [0.15, 0.2) is 6.20 Å². The Morgan fingerprint density at radius 2 is 2.60 bits per heavy atom. The van der Waals surface area contributed by atoms with Gasteiger partial charge in [-0.1, -0.05) is 0 Å². The van der Waals surface area contributed by atoms with Crippen molar-refractivity contribution in [3.8, 4) is 0 Å². The summed E-state index contributed by atoms with van der Waals surface area (Å²) in [5, 5.41) is 12.3. The maximum atomic E-state index is 11.0. The van der Waals surface area contributed by atoms with Gasteiger partial charge in [-0.3, -0.25) is 0 Å². The van der Waals surface area contributed by atoms with E-state index in [2.05, 4.69) is 21.6 Å². The fourth-order valence-electron chi connectivity index (χ4n) is 2.54. The number of carboxylic acid groups (broad SMARTS) is 1. The highest BCUT2D eigenvalue weighted by atomic mass is 16.4. The molecular formula is C10H10N3O2. The number of nitrogens with zero attached hydrogens (tertiary/aromatic N) is 2. The average molecular weight is 204 g/mol. The summed E-state index contributed by atoms with van der Waals surface area (Å²) in [5.74, 6) is -0.412. The number of nitrogens with one attached hydrogen (secondary N) is 1. The lowest BCUT2D eigenvalue weighted by Crippen LogP contribution is -2.23. The van der Waals surface area contributed by atoms with Crippen molar-refractivity contribution in [1.29, 1.82) is 0 Å². The summed E-state index contributed by atoms with van der Waals surface area (Å²) in [6.45, 7) is 1.78. The number of carboxylic acids is 1. The van der Waals surface area contributed by atoms with Crippen LogP contribution in [0, 0.1) is 12.2 Å². The van der Waals surface area contributed by atoms with Gasteiger partial charge >= 0.3 is 5.97 Å². The summed E-state index contributed by atoms with van der Waals surface area (Å²) in [6.07, 6.45) is 4.87. The van der Waals surface area contributed by atoms with Gasteiger partial charge in [0.1, 0.15) is 0 Å². The minimum absolute atomic E-state index is 0.0484. The zero-order valence-corrected chi connectivity index (χ0v) is 8.03. The summed E-state index contributed by atoms with van der Waals surface area (Å²) in [5.41, 5.74) is 0.827. The van der Waals surface area contributed by atoms with Crippen molar-refractivity contribution < 1.29 is 9.90 Å². The first-order chi connectivity index (χ1) is 7.24. The number of aromatic carboxylic acids is 1. The maximum Gasteiger partial charge on any atom is 0.339 e. The van der Waals surface area contributed by atoms with Crippen molar-refractivity contribution in [2.45, 2.75) is 11.8 Å². The third-order valence-corrected chi connectivity index (χ3v) is 3.43. The predicted octanol–water partition coefficient (Wildman–Crippen LogP) is -0.164. The third kappa shape index (κ3) is 1.10. The Hall–Kier alpha value is -1.49. The third-order valence-electron chi connectivity index (χ3n) is 3.43. The normalized spacial score (nSPS) is 32.4. The molecule has 5 heteroatoms. The molecule has 0 aromatic carbocycles. The molecular weight excluding hydrogens is 194 g/mol. The quantitative estimate of drug-likeness (QED) is 0.700. The second-order valence-electron chi connectivity index (χ2n) is 4.23. The Bertz CT molecular complexity index is 434. The Morgan fingerprint density at radius 1 is 1.73 bits per heavy atom.